The molecule has 1 aliphatic carbocycles. The third-order valence-electron chi connectivity index (χ3n) is 4.36. The van der Waals surface area contributed by atoms with Crippen molar-refractivity contribution in [1.82, 2.24) is 5.32 Å². The topological polar surface area (TPSA) is 46.2 Å². The van der Waals surface area contributed by atoms with Gasteiger partial charge in [-0.25, -0.2) is 8.42 Å². The van der Waals surface area contributed by atoms with Gasteiger partial charge in [-0.1, -0.05) is 27.7 Å². The summed E-state index contributed by atoms with van der Waals surface area (Å²) in [6.07, 6.45) is 3.58. The molecule has 3 atom stereocenters. The lowest BCUT2D eigenvalue weighted by Crippen LogP contribution is -2.51. The van der Waals surface area contributed by atoms with Crippen LogP contribution in [-0.2, 0) is 9.84 Å². The van der Waals surface area contributed by atoms with Gasteiger partial charge in [-0.05, 0) is 44.6 Å². The Labute approximate surface area is 113 Å². The van der Waals surface area contributed by atoms with Crippen molar-refractivity contribution in [2.75, 3.05) is 6.54 Å². The summed E-state index contributed by atoms with van der Waals surface area (Å²) in [7, 11) is -3.02. The van der Waals surface area contributed by atoms with Crippen LogP contribution in [0.4, 0.5) is 0 Å². The largest absolute Gasteiger partial charge is 0.313 e. The molecule has 1 rings (SSSR count). The van der Waals surface area contributed by atoms with Crippen LogP contribution in [0.5, 0.6) is 0 Å². The minimum absolute atomic E-state index is 0.141. The summed E-state index contributed by atoms with van der Waals surface area (Å²) in [6.45, 7) is 11.1. The van der Waals surface area contributed by atoms with Crippen LogP contribution in [-0.4, -0.2) is 31.5 Å². The first kappa shape index (κ1) is 16.0. The Morgan fingerprint density at radius 2 is 1.94 bits per heavy atom. The molecule has 0 bridgehead atoms. The highest BCUT2D eigenvalue weighted by Crippen LogP contribution is 2.39. The Morgan fingerprint density at radius 3 is 2.44 bits per heavy atom. The van der Waals surface area contributed by atoms with E-state index in [1.807, 2.05) is 20.8 Å². The summed E-state index contributed by atoms with van der Waals surface area (Å²) in [5.41, 5.74) is 0.150. The molecule has 0 saturated heterocycles. The van der Waals surface area contributed by atoms with Gasteiger partial charge in [0.1, 0.15) is 0 Å². The van der Waals surface area contributed by atoms with Gasteiger partial charge in [0, 0.05) is 6.04 Å². The molecule has 108 valence electrons. The van der Waals surface area contributed by atoms with Crippen LogP contribution >= 0.6 is 0 Å². The van der Waals surface area contributed by atoms with Crippen LogP contribution in [0.25, 0.3) is 0 Å². The molecule has 0 aromatic carbocycles. The molecule has 4 heteroatoms. The second-order valence-corrected chi connectivity index (χ2v) is 9.01. The first-order chi connectivity index (χ1) is 8.24. The third kappa shape index (κ3) is 3.47. The SMILES string of the molecule is CCNC1CCC(C)(C)CC1S(=O)(=O)C(C)CC. The fourth-order valence-corrected chi connectivity index (χ4v) is 5.33. The molecule has 1 fully saturated rings. The van der Waals surface area contributed by atoms with E-state index in [1.54, 1.807) is 0 Å². The Balaban J connectivity index is 2.98. The highest BCUT2D eigenvalue weighted by molar-refractivity contribution is 7.92. The van der Waals surface area contributed by atoms with E-state index in [4.69, 9.17) is 0 Å². The molecule has 1 saturated carbocycles. The van der Waals surface area contributed by atoms with Gasteiger partial charge in [0.25, 0.3) is 0 Å². The lowest BCUT2D eigenvalue weighted by molar-refractivity contribution is 0.209. The molecule has 0 radical (unpaired) electrons. The second-order valence-electron chi connectivity index (χ2n) is 6.42. The Hall–Kier alpha value is -0.0900. The van der Waals surface area contributed by atoms with Crippen molar-refractivity contribution < 1.29 is 8.42 Å². The summed E-state index contributed by atoms with van der Waals surface area (Å²) >= 11 is 0. The minimum Gasteiger partial charge on any atom is -0.313 e. The summed E-state index contributed by atoms with van der Waals surface area (Å²) in [5, 5.41) is 2.94. The van der Waals surface area contributed by atoms with Crippen molar-refractivity contribution in [3.8, 4) is 0 Å². The minimum atomic E-state index is -3.02. The molecule has 1 aliphatic rings. The molecule has 3 nitrogen and oxygen atoms in total. The Kier molecular flexibility index (Phi) is 5.24. The van der Waals surface area contributed by atoms with E-state index in [-0.39, 0.29) is 22.0 Å². The molecular weight excluding hydrogens is 246 g/mol. The quantitative estimate of drug-likeness (QED) is 0.839. The van der Waals surface area contributed by atoms with E-state index in [1.165, 1.54) is 0 Å². The maximum Gasteiger partial charge on any atom is 0.157 e. The molecule has 0 spiro atoms. The van der Waals surface area contributed by atoms with Crippen LogP contribution in [0.1, 0.15) is 60.3 Å². The summed E-state index contributed by atoms with van der Waals surface area (Å²) in [6, 6.07) is 0.141. The van der Waals surface area contributed by atoms with Crippen LogP contribution in [0.2, 0.25) is 0 Å². The van der Waals surface area contributed by atoms with Gasteiger partial charge >= 0.3 is 0 Å². The van der Waals surface area contributed by atoms with Gasteiger partial charge in [0.15, 0.2) is 9.84 Å². The first-order valence-electron chi connectivity index (χ1n) is 7.20. The van der Waals surface area contributed by atoms with Crippen molar-refractivity contribution in [1.29, 1.82) is 0 Å². The van der Waals surface area contributed by atoms with Crippen molar-refractivity contribution in [2.24, 2.45) is 5.41 Å². The van der Waals surface area contributed by atoms with E-state index >= 15 is 0 Å². The van der Waals surface area contributed by atoms with Gasteiger partial charge < -0.3 is 5.32 Å². The number of hydrogen-bond acceptors (Lipinski definition) is 3. The van der Waals surface area contributed by atoms with Gasteiger partial charge in [-0.15, -0.1) is 0 Å². The number of rotatable bonds is 5. The van der Waals surface area contributed by atoms with Crippen molar-refractivity contribution >= 4 is 9.84 Å². The van der Waals surface area contributed by atoms with Gasteiger partial charge in [0.2, 0.25) is 0 Å². The van der Waals surface area contributed by atoms with Crippen LogP contribution in [0, 0.1) is 5.41 Å². The Bertz CT molecular complexity index is 362. The van der Waals surface area contributed by atoms with Gasteiger partial charge in [-0.3, -0.25) is 0 Å². The van der Waals surface area contributed by atoms with Crippen LogP contribution < -0.4 is 5.32 Å². The zero-order chi connectivity index (χ0) is 14.0. The lowest BCUT2D eigenvalue weighted by atomic mass is 9.75. The maximum absolute atomic E-state index is 12.6. The molecule has 0 heterocycles. The van der Waals surface area contributed by atoms with Crippen LogP contribution in [0.3, 0.4) is 0 Å². The predicted octanol–water partition coefficient (Wildman–Crippen LogP) is 2.76. The number of sulfone groups is 1. The maximum atomic E-state index is 12.6. The summed E-state index contributed by atoms with van der Waals surface area (Å²) in [5.74, 6) is 0. The average Bonchev–Trinajstić information content (AvgIpc) is 2.30. The number of hydrogen-bond donors (Lipinski definition) is 1. The monoisotopic (exact) mass is 275 g/mol. The zero-order valence-corrected chi connectivity index (χ0v) is 13.3. The molecule has 0 aromatic rings. The summed E-state index contributed by atoms with van der Waals surface area (Å²) < 4.78 is 25.3. The Morgan fingerprint density at radius 1 is 1.33 bits per heavy atom. The standard InChI is InChI=1S/C14H29NO2S/c1-6-11(3)18(16,17)13-10-14(4,5)9-8-12(13)15-7-2/h11-13,15H,6-10H2,1-5H3. The van der Waals surface area contributed by atoms with Crippen molar-refractivity contribution in [3.63, 3.8) is 0 Å². The molecule has 3 unspecified atom stereocenters. The summed E-state index contributed by atoms with van der Waals surface area (Å²) in [4.78, 5) is 0. The highest BCUT2D eigenvalue weighted by atomic mass is 32.2. The zero-order valence-electron chi connectivity index (χ0n) is 12.5. The molecule has 1 N–H and O–H groups in total. The molecule has 0 amide bonds. The second kappa shape index (κ2) is 5.91. The van der Waals surface area contributed by atoms with E-state index < -0.39 is 9.84 Å². The fourth-order valence-electron chi connectivity index (χ4n) is 2.89. The lowest BCUT2D eigenvalue weighted by Gasteiger charge is -2.41. The highest BCUT2D eigenvalue weighted by Gasteiger charge is 2.43. The van der Waals surface area contributed by atoms with Gasteiger partial charge in [-0.2, -0.15) is 0 Å². The molecule has 0 aromatic heterocycles. The van der Waals surface area contributed by atoms with E-state index in [0.717, 1.165) is 25.8 Å². The number of nitrogens with one attached hydrogen (secondary N) is 1. The van der Waals surface area contributed by atoms with E-state index in [9.17, 15) is 8.42 Å². The van der Waals surface area contributed by atoms with E-state index in [2.05, 4.69) is 19.2 Å². The van der Waals surface area contributed by atoms with Crippen molar-refractivity contribution in [3.05, 3.63) is 0 Å². The van der Waals surface area contributed by atoms with Crippen molar-refractivity contribution in [2.45, 2.75) is 76.8 Å². The van der Waals surface area contributed by atoms with Gasteiger partial charge in [0.05, 0.1) is 10.5 Å². The molecular formula is C14H29NO2S. The normalized spacial score (nSPS) is 30.1. The third-order valence-corrected chi connectivity index (χ3v) is 7.15. The molecule has 0 aliphatic heterocycles. The smallest absolute Gasteiger partial charge is 0.157 e. The molecule has 18 heavy (non-hydrogen) atoms. The fraction of sp³-hybridized carbons (Fsp3) is 1.00. The average molecular weight is 275 g/mol. The first-order valence-corrected chi connectivity index (χ1v) is 8.81. The van der Waals surface area contributed by atoms with E-state index in [0.29, 0.717) is 6.42 Å². The van der Waals surface area contributed by atoms with Crippen LogP contribution in [0.15, 0.2) is 0 Å². The predicted molar refractivity (Wildman–Crippen MR) is 77.6 cm³/mol.